The summed E-state index contributed by atoms with van der Waals surface area (Å²) in [6.45, 7) is 0. The number of hydrogen-bond donors (Lipinski definition) is 1. The molecule has 0 saturated carbocycles. The van der Waals surface area contributed by atoms with Gasteiger partial charge in [0.15, 0.2) is 0 Å². The molecule has 0 saturated heterocycles. The van der Waals surface area contributed by atoms with E-state index in [9.17, 15) is 4.79 Å². The van der Waals surface area contributed by atoms with Gasteiger partial charge in [-0.25, -0.2) is 0 Å². The second kappa shape index (κ2) is 4.00. The number of fused-ring (bicyclic) bond motifs is 1. The lowest BCUT2D eigenvalue weighted by Gasteiger charge is -2.01. The molecule has 2 N–H and O–H groups in total. The van der Waals surface area contributed by atoms with Crippen LogP contribution in [-0.4, -0.2) is 15.3 Å². The third-order valence-electron chi connectivity index (χ3n) is 2.90. The molecule has 3 rings (SSSR count). The summed E-state index contributed by atoms with van der Waals surface area (Å²) < 4.78 is 1.94. The molecule has 0 bridgehead atoms. The number of hydrogen-bond acceptors (Lipinski definition) is 2. The molecule has 4 nitrogen and oxygen atoms in total. The quantitative estimate of drug-likeness (QED) is 0.742. The van der Waals surface area contributed by atoms with Crippen LogP contribution >= 0.6 is 0 Å². The predicted molar refractivity (Wildman–Crippen MR) is 69.1 cm³/mol. The Hall–Kier alpha value is -2.62. The Bertz CT molecular complexity index is 716. The van der Waals surface area contributed by atoms with Crippen molar-refractivity contribution < 1.29 is 4.79 Å². The zero-order valence-corrected chi connectivity index (χ0v) is 9.58. The molecule has 18 heavy (non-hydrogen) atoms. The van der Waals surface area contributed by atoms with E-state index in [0.29, 0.717) is 5.56 Å². The SMILES string of the molecule is NC(=O)c1cc(-c2cccnc2)n2ccccc12. The molecule has 88 valence electrons. The Morgan fingerprint density at radius 3 is 2.83 bits per heavy atom. The van der Waals surface area contributed by atoms with Gasteiger partial charge in [0.2, 0.25) is 0 Å². The Morgan fingerprint density at radius 2 is 2.11 bits per heavy atom. The minimum Gasteiger partial charge on any atom is -0.366 e. The van der Waals surface area contributed by atoms with Gasteiger partial charge in [0, 0.05) is 24.2 Å². The van der Waals surface area contributed by atoms with E-state index in [1.165, 1.54) is 0 Å². The van der Waals surface area contributed by atoms with Gasteiger partial charge >= 0.3 is 0 Å². The first-order chi connectivity index (χ1) is 8.77. The van der Waals surface area contributed by atoms with Crippen molar-refractivity contribution in [3.63, 3.8) is 0 Å². The van der Waals surface area contributed by atoms with Crippen LogP contribution in [0.25, 0.3) is 16.8 Å². The molecule has 0 spiro atoms. The molecule has 0 aliphatic rings. The molecular weight excluding hydrogens is 226 g/mol. The summed E-state index contributed by atoms with van der Waals surface area (Å²) in [4.78, 5) is 15.5. The Labute approximate surface area is 104 Å². The van der Waals surface area contributed by atoms with Crippen LogP contribution in [0, 0.1) is 0 Å². The molecule has 4 heteroatoms. The lowest BCUT2D eigenvalue weighted by molar-refractivity contribution is 0.100. The summed E-state index contributed by atoms with van der Waals surface area (Å²) in [5.41, 5.74) is 8.60. The molecule has 1 amide bonds. The highest BCUT2D eigenvalue weighted by Crippen LogP contribution is 2.25. The Kier molecular flexibility index (Phi) is 2.34. The van der Waals surface area contributed by atoms with Gasteiger partial charge in [-0.1, -0.05) is 6.07 Å². The Morgan fingerprint density at radius 1 is 1.22 bits per heavy atom. The predicted octanol–water partition coefficient (Wildman–Crippen LogP) is 2.10. The maximum Gasteiger partial charge on any atom is 0.250 e. The van der Waals surface area contributed by atoms with Gasteiger partial charge in [-0.2, -0.15) is 0 Å². The highest BCUT2D eigenvalue weighted by Gasteiger charge is 2.13. The molecule has 0 aromatic carbocycles. The summed E-state index contributed by atoms with van der Waals surface area (Å²) in [5.74, 6) is -0.422. The highest BCUT2D eigenvalue weighted by molar-refractivity contribution is 6.01. The van der Waals surface area contributed by atoms with Crippen LogP contribution in [-0.2, 0) is 0 Å². The number of pyridine rings is 2. The lowest BCUT2D eigenvalue weighted by Crippen LogP contribution is -2.10. The number of nitrogens with zero attached hydrogens (tertiary/aromatic N) is 2. The van der Waals surface area contributed by atoms with Crippen molar-refractivity contribution >= 4 is 11.4 Å². The smallest absolute Gasteiger partial charge is 0.250 e. The van der Waals surface area contributed by atoms with Gasteiger partial charge in [-0.05, 0) is 30.3 Å². The van der Waals surface area contributed by atoms with E-state index >= 15 is 0 Å². The maximum absolute atomic E-state index is 11.5. The first-order valence-electron chi connectivity index (χ1n) is 5.57. The zero-order valence-electron chi connectivity index (χ0n) is 9.58. The largest absolute Gasteiger partial charge is 0.366 e. The molecule has 3 heterocycles. The topological polar surface area (TPSA) is 60.4 Å². The third kappa shape index (κ3) is 1.55. The molecule has 0 aliphatic heterocycles. The minimum absolute atomic E-state index is 0.422. The number of amides is 1. The molecule has 0 radical (unpaired) electrons. The van der Waals surface area contributed by atoms with Crippen LogP contribution in [0.5, 0.6) is 0 Å². The number of nitrogens with two attached hydrogens (primary N) is 1. The van der Waals surface area contributed by atoms with Crippen LogP contribution in [0.2, 0.25) is 0 Å². The summed E-state index contributed by atoms with van der Waals surface area (Å²) in [6.07, 6.45) is 5.39. The van der Waals surface area contributed by atoms with Crippen LogP contribution in [0.4, 0.5) is 0 Å². The number of rotatable bonds is 2. The summed E-state index contributed by atoms with van der Waals surface area (Å²) in [7, 11) is 0. The van der Waals surface area contributed by atoms with E-state index in [0.717, 1.165) is 16.8 Å². The van der Waals surface area contributed by atoms with Gasteiger partial charge in [0.1, 0.15) is 0 Å². The zero-order chi connectivity index (χ0) is 12.5. The highest BCUT2D eigenvalue weighted by atomic mass is 16.1. The summed E-state index contributed by atoms with van der Waals surface area (Å²) >= 11 is 0. The second-order valence-corrected chi connectivity index (χ2v) is 4.01. The monoisotopic (exact) mass is 237 g/mol. The average molecular weight is 237 g/mol. The summed E-state index contributed by atoms with van der Waals surface area (Å²) in [5, 5.41) is 0. The minimum atomic E-state index is -0.422. The van der Waals surface area contributed by atoms with Crippen LogP contribution in [0.15, 0.2) is 55.0 Å². The Balaban J connectivity index is 2.34. The van der Waals surface area contributed by atoms with E-state index < -0.39 is 5.91 Å². The first kappa shape index (κ1) is 10.5. The lowest BCUT2D eigenvalue weighted by atomic mass is 10.2. The van der Waals surface area contributed by atoms with Crippen molar-refractivity contribution in [3.05, 3.63) is 60.6 Å². The third-order valence-corrected chi connectivity index (χ3v) is 2.90. The number of primary amides is 1. The van der Waals surface area contributed by atoms with Gasteiger partial charge in [0.25, 0.3) is 5.91 Å². The molecule has 0 atom stereocenters. The van der Waals surface area contributed by atoms with Crippen molar-refractivity contribution in [1.29, 1.82) is 0 Å². The van der Waals surface area contributed by atoms with Gasteiger partial charge in [-0.15, -0.1) is 0 Å². The molecule has 0 fully saturated rings. The van der Waals surface area contributed by atoms with Crippen molar-refractivity contribution in [1.82, 2.24) is 9.38 Å². The molecular formula is C14H11N3O. The van der Waals surface area contributed by atoms with E-state index in [4.69, 9.17) is 5.73 Å². The normalized spacial score (nSPS) is 10.7. The number of carbonyl (C=O) groups is 1. The van der Waals surface area contributed by atoms with E-state index in [2.05, 4.69) is 4.98 Å². The van der Waals surface area contributed by atoms with E-state index in [1.807, 2.05) is 40.9 Å². The van der Waals surface area contributed by atoms with Crippen molar-refractivity contribution in [3.8, 4) is 11.3 Å². The first-order valence-corrected chi connectivity index (χ1v) is 5.57. The van der Waals surface area contributed by atoms with Crippen LogP contribution in [0.1, 0.15) is 10.4 Å². The summed E-state index contributed by atoms with van der Waals surface area (Å²) in [6, 6.07) is 11.3. The fraction of sp³-hybridized carbons (Fsp3) is 0. The molecule has 0 aliphatic carbocycles. The molecule has 0 unspecified atom stereocenters. The fourth-order valence-corrected chi connectivity index (χ4v) is 2.09. The van der Waals surface area contributed by atoms with E-state index in [1.54, 1.807) is 18.5 Å². The van der Waals surface area contributed by atoms with Gasteiger partial charge in [0.05, 0.1) is 16.8 Å². The standard InChI is InChI=1S/C14H11N3O/c15-14(18)11-8-13(10-4-3-6-16-9-10)17-7-2-1-5-12(11)17/h1-9H,(H2,15,18). The van der Waals surface area contributed by atoms with Gasteiger partial charge in [-0.3, -0.25) is 9.78 Å². The average Bonchev–Trinajstić information content (AvgIpc) is 2.79. The van der Waals surface area contributed by atoms with Crippen molar-refractivity contribution in [2.45, 2.75) is 0 Å². The number of carbonyl (C=O) groups excluding carboxylic acids is 1. The fourth-order valence-electron chi connectivity index (χ4n) is 2.09. The second-order valence-electron chi connectivity index (χ2n) is 4.01. The van der Waals surface area contributed by atoms with Crippen molar-refractivity contribution in [2.24, 2.45) is 5.73 Å². The molecule has 3 aromatic heterocycles. The van der Waals surface area contributed by atoms with Gasteiger partial charge < -0.3 is 10.1 Å². The van der Waals surface area contributed by atoms with Crippen LogP contribution in [0.3, 0.4) is 0 Å². The van der Waals surface area contributed by atoms with Crippen molar-refractivity contribution in [2.75, 3.05) is 0 Å². The van der Waals surface area contributed by atoms with Crippen LogP contribution < -0.4 is 5.73 Å². The molecule has 3 aromatic rings. The maximum atomic E-state index is 11.5. The number of aromatic nitrogens is 2. The van der Waals surface area contributed by atoms with E-state index in [-0.39, 0.29) is 0 Å².